The van der Waals surface area contributed by atoms with Crippen LogP contribution in [0.3, 0.4) is 0 Å². The second-order valence-corrected chi connectivity index (χ2v) is 8.66. The number of benzene rings is 1. The number of aromatic nitrogens is 4. The van der Waals surface area contributed by atoms with Crippen molar-refractivity contribution < 1.29 is 4.39 Å². The molecule has 0 aliphatic heterocycles. The highest BCUT2D eigenvalue weighted by molar-refractivity contribution is 9.10. The second-order valence-electron chi connectivity index (χ2n) is 7.91. The topological polar surface area (TPSA) is 78.7 Å². The number of nitrogens with zero attached hydrogens (tertiary/aromatic N) is 4. The molecule has 154 valence electrons. The average molecular weight is 470 g/mol. The van der Waals surface area contributed by atoms with Gasteiger partial charge in [0.15, 0.2) is 5.65 Å². The lowest BCUT2D eigenvalue weighted by molar-refractivity contribution is 0.322. The molecule has 0 spiro atoms. The van der Waals surface area contributed by atoms with Crippen molar-refractivity contribution in [2.45, 2.75) is 44.3 Å². The Balaban J connectivity index is 1.77. The summed E-state index contributed by atoms with van der Waals surface area (Å²) in [5.41, 5.74) is 8.90. The van der Waals surface area contributed by atoms with Crippen LogP contribution in [-0.2, 0) is 6.54 Å². The number of fused-ring (bicyclic) bond motifs is 3. The van der Waals surface area contributed by atoms with Gasteiger partial charge >= 0.3 is 5.69 Å². The van der Waals surface area contributed by atoms with E-state index in [1.54, 1.807) is 22.9 Å². The van der Waals surface area contributed by atoms with Gasteiger partial charge in [0.25, 0.3) is 0 Å². The molecule has 1 fully saturated rings. The van der Waals surface area contributed by atoms with E-state index in [-0.39, 0.29) is 23.6 Å². The largest absolute Gasteiger partial charge is 0.330 e. The van der Waals surface area contributed by atoms with Crippen LogP contribution < -0.4 is 11.4 Å². The van der Waals surface area contributed by atoms with Gasteiger partial charge in [0.2, 0.25) is 0 Å². The van der Waals surface area contributed by atoms with Crippen molar-refractivity contribution in [2.24, 2.45) is 5.73 Å². The molecule has 1 saturated carbocycles. The molecule has 5 rings (SSSR count). The molecule has 3 aromatic heterocycles. The van der Waals surface area contributed by atoms with Gasteiger partial charge in [-0.25, -0.2) is 14.2 Å². The minimum atomic E-state index is -0.303. The van der Waals surface area contributed by atoms with Crippen LogP contribution in [0.1, 0.15) is 37.3 Å². The summed E-state index contributed by atoms with van der Waals surface area (Å²) in [4.78, 5) is 23.0. The fraction of sp³-hybridized carbons (Fsp3) is 0.318. The molecule has 0 radical (unpaired) electrons. The van der Waals surface area contributed by atoms with Crippen LogP contribution in [0.25, 0.3) is 22.1 Å². The molecule has 3 heterocycles. The van der Waals surface area contributed by atoms with E-state index < -0.39 is 0 Å². The van der Waals surface area contributed by atoms with Crippen molar-refractivity contribution in [3.05, 3.63) is 69.1 Å². The van der Waals surface area contributed by atoms with Crippen LogP contribution in [-0.4, -0.2) is 25.1 Å². The summed E-state index contributed by atoms with van der Waals surface area (Å²) < 4.78 is 17.5. The molecule has 0 unspecified atom stereocenters. The number of pyridine rings is 2. The highest BCUT2D eigenvalue weighted by Crippen LogP contribution is 2.33. The summed E-state index contributed by atoms with van der Waals surface area (Å²) in [6.45, 7) is 0.312. The normalized spacial score (nSPS) is 19.6. The van der Waals surface area contributed by atoms with Crippen LogP contribution in [0.15, 0.2) is 52.0 Å². The summed E-state index contributed by atoms with van der Waals surface area (Å²) in [5.74, 6) is -0.303. The van der Waals surface area contributed by atoms with Gasteiger partial charge in [-0.3, -0.25) is 14.1 Å². The number of hydrogen-bond acceptors (Lipinski definition) is 4. The number of hydrogen-bond donors (Lipinski definition) is 1. The van der Waals surface area contributed by atoms with Crippen molar-refractivity contribution in [3.63, 3.8) is 0 Å². The minimum absolute atomic E-state index is 0.0578. The van der Waals surface area contributed by atoms with Crippen LogP contribution in [0.2, 0.25) is 0 Å². The van der Waals surface area contributed by atoms with Gasteiger partial charge in [0, 0.05) is 23.7 Å². The molecule has 1 aromatic carbocycles. The first-order valence-corrected chi connectivity index (χ1v) is 10.9. The zero-order chi connectivity index (χ0) is 20.8. The first-order chi connectivity index (χ1) is 14.5. The first kappa shape index (κ1) is 19.4. The Morgan fingerprint density at radius 1 is 1.13 bits per heavy atom. The monoisotopic (exact) mass is 469 g/mol. The zero-order valence-electron chi connectivity index (χ0n) is 16.3. The van der Waals surface area contributed by atoms with Gasteiger partial charge in [0.1, 0.15) is 21.5 Å². The van der Waals surface area contributed by atoms with Crippen LogP contribution in [0, 0.1) is 5.82 Å². The van der Waals surface area contributed by atoms with Gasteiger partial charge in [0.05, 0.1) is 6.54 Å². The molecule has 4 aromatic rings. The van der Waals surface area contributed by atoms with Crippen molar-refractivity contribution in [3.8, 4) is 0 Å². The SMILES string of the molecule is NC1CCC(n2c(=O)n(Cc3ccc(F)cc3)c3nc(Br)c4cccnc4c32)CC1. The highest BCUT2D eigenvalue weighted by atomic mass is 79.9. The predicted octanol–water partition coefficient (Wildman–Crippen LogP) is 4.14. The molecular formula is C22H21BrFN5O. The lowest BCUT2D eigenvalue weighted by Crippen LogP contribution is -2.33. The summed E-state index contributed by atoms with van der Waals surface area (Å²) in [6.07, 6.45) is 5.20. The molecule has 6 nitrogen and oxygen atoms in total. The molecule has 8 heteroatoms. The van der Waals surface area contributed by atoms with E-state index in [4.69, 9.17) is 10.7 Å². The Hall–Kier alpha value is -2.58. The molecule has 1 aliphatic carbocycles. The van der Waals surface area contributed by atoms with Crippen LogP contribution in [0.5, 0.6) is 0 Å². The molecule has 30 heavy (non-hydrogen) atoms. The lowest BCUT2D eigenvalue weighted by Gasteiger charge is -2.27. The molecule has 0 saturated heterocycles. The molecule has 0 amide bonds. The van der Waals surface area contributed by atoms with Crippen molar-refractivity contribution in [2.75, 3.05) is 0 Å². The third-order valence-corrected chi connectivity index (χ3v) is 6.57. The third-order valence-electron chi connectivity index (χ3n) is 5.96. The Labute approximate surface area is 180 Å². The van der Waals surface area contributed by atoms with Crippen molar-refractivity contribution in [1.82, 2.24) is 19.1 Å². The maximum absolute atomic E-state index is 13.6. The fourth-order valence-corrected chi connectivity index (χ4v) is 4.90. The van der Waals surface area contributed by atoms with E-state index in [0.29, 0.717) is 16.8 Å². The average Bonchev–Trinajstić information content (AvgIpc) is 3.02. The number of nitrogens with two attached hydrogens (primary N) is 1. The quantitative estimate of drug-likeness (QED) is 0.457. The van der Waals surface area contributed by atoms with Gasteiger partial charge in [-0.1, -0.05) is 12.1 Å². The summed E-state index contributed by atoms with van der Waals surface area (Å²) >= 11 is 3.54. The Bertz CT molecular complexity index is 1290. The highest BCUT2D eigenvalue weighted by Gasteiger charge is 2.27. The Morgan fingerprint density at radius 3 is 2.60 bits per heavy atom. The van der Waals surface area contributed by atoms with Crippen molar-refractivity contribution in [1.29, 1.82) is 0 Å². The van der Waals surface area contributed by atoms with Crippen molar-refractivity contribution >= 4 is 38.0 Å². The van der Waals surface area contributed by atoms with Gasteiger partial charge in [-0.2, -0.15) is 0 Å². The summed E-state index contributed by atoms with van der Waals surface area (Å²) in [6, 6.07) is 10.2. The standard InChI is InChI=1S/C22H21BrFN5O/c23-20-17-2-1-11-26-18(17)19-21(27-20)28(12-13-3-5-14(24)6-4-13)22(30)29(19)16-9-7-15(25)8-10-16/h1-6,11,15-16H,7-10,12,25H2. The summed E-state index contributed by atoms with van der Waals surface area (Å²) in [5, 5.41) is 0.866. The van der Waals surface area contributed by atoms with E-state index in [9.17, 15) is 9.18 Å². The van der Waals surface area contributed by atoms with Gasteiger partial charge in [-0.05, 0) is 71.4 Å². The van der Waals surface area contributed by atoms with Gasteiger partial charge < -0.3 is 5.73 Å². The number of imidazole rings is 1. The maximum Gasteiger partial charge on any atom is 0.330 e. The number of halogens is 2. The Kier molecular flexibility index (Phi) is 4.91. The number of rotatable bonds is 3. The molecular weight excluding hydrogens is 449 g/mol. The third kappa shape index (κ3) is 3.24. The fourth-order valence-electron chi connectivity index (χ4n) is 4.41. The maximum atomic E-state index is 13.6. The van der Waals surface area contributed by atoms with Crippen LogP contribution in [0.4, 0.5) is 4.39 Å². The second kappa shape index (κ2) is 7.59. The van der Waals surface area contributed by atoms with Gasteiger partial charge in [-0.15, -0.1) is 0 Å². The van der Waals surface area contributed by atoms with E-state index >= 15 is 0 Å². The summed E-state index contributed by atoms with van der Waals surface area (Å²) in [7, 11) is 0. The molecule has 2 N–H and O–H groups in total. The lowest BCUT2D eigenvalue weighted by atomic mass is 9.91. The van der Waals surface area contributed by atoms with E-state index in [2.05, 4.69) is 20.9 Å². The molecule has 0 atom stereocenters. The smallest absolute Gasteiger partial charge is 0.328 e. The molecule has 1 aliphatic rings. The van der Waals surface area contributed by atoms with E-state index in [1.807, 2.05) is 16.7 Å². The van der Waals surface area contributed by atoms with E-state index in [0.717, 1.165) is 47.7 Å². The Morgan fingerprint density at radius 2 is 1.87 bits per heavy atom. The zero-order valence-corrected chi connectivity index (χ0v) is 17.8. The van der Waals surface area contributed by atoms with Crippen LogP contribution >= 0.6 is 15.9 Å². The molecule has 0 bridgehead atoms. The predicted molar refractivity (Wildman–Crippen MR) is 118 cm³/mol. The van der Waals surface area contributed by atoms with E-state index in [1.165, 1.54) is 12.1 Å². The first-order valence-electron chi connectivity index (χ1n) is 10.1. The minimum Gasteiger partial charge on any atom is -0.328 e.